The molecule has 0 aliphatic carbocycles. The first kappa shape index (κ1) is 45.5. The molecule has 0 bridgehead atoms. The van der Waals surface area contributed by atoms with Crippen LogP contribution < -0.4 is 5.32 Å². The predicted octanol–water partition coefficient (Wildman–Crippen LogP) is 5.77. The van der Waals surface area contributed by atoms with Gasteiger partial charge in [-0.15, -0.1) is 0 Å². The van der Waals surface area contributed by atoms with Crippen LogP contribution in [-0.4, -0.2) is 105 Å². The summed E-state index contributed by atoms with van der Waals surface area (Å²) in [6.07, 6.45) is 12.8. The maximum Gasteiger partial charge on any atom is 0.418 e. The SMILES string of the molecule is C=CC(=O)OCCOC(=O)N(CCCCCCN=C=O)C(=O)CCCCCCCN(C(=O)NCCCCCCC)C(=O)OCCOC(=O)C=C. The number of aliphatic imine (C=N–C) groups is 1. The number of unbranched alkanes of at least 4 members (excludes halogenated alkanes) is 11. The highest BCUT2D eigenvalue weighted by Crippen LogP contribution is 2.12. The Balaban J connectivity index is 4.83. The lowest BCUT2D eigenvalue weighted by atomic mass is 10.1. The minimum atomic E-state index is -0.839. The second kappa shape index (κ2) is 31.7. The van der Waals surface area contributed by atoms with Crippen molar-refractivity contribution in [1.82, 2.24) is 15.1 Å². The largest absolute Gasteiger partial charge is 0.459 e. The number of urea groups is 1. The molecular formula is C35H56N4O11. The van der Waals surface area contributed by atoms with E-state index >= 15 is 0 Å². The van der Waals surface area contributed by atoms with Crippen molar-refractivity contribution in [3.63, 3.8) is 0 Å². The molecule has 15 nitrogen and oxygen atoms in total. The molecule has 1 N–H and O–H groups in total. The van der Waals surface area contributed by atoms with Gasteiger partial charge in [-0.3, -0.25) is 4.79 Å². The molecule has 0 spiro atoms. The van der Waals surface area contributed by atoms with Crippen molar-refractivity contribution in [2.45, 2.75) is 103 Å². The molecule has 0 fully saturated rings. The van der Waals surface area contributed by atoms with E-state index in [1.54, 1.807) is 0 Å². The van der Waals surface area contributed by atoms with Crippen LogP contribution in [0.25, 0.3) is 0 Å². The number of nitrogens with one attached hydrogen (secondary N) is 1. The van der Waals surface area contributed by atoms with Crippen molar-refractivity contribution in [2.24, 2.45) is 4.99 Å². The summed E-state index contributed by atoms with van der Waals surface area (Å²) in [5.41, 5.74) is 0. The Morgan fingerprint density at radius 1 is 0.640 bits per heavy atom. The molecule has 0 radical (unpaired) electrons. The van der Waals surface area contributed by atoms with Crippen LogP contribution in [0.4, 0.5) is 14.4 Å². The van der Waals surface area contributed by atoms with E-state index in [-0.39, 0.29) is 51.8 Å². The minimum absolute atomic E-state index is 0.115. The number of ether oxygens (including phenoxy) is 4. The summed E-state index contributed by atoms with van der Waals surface area (Å²) in [7, 11) is 0. The molecule has 0 heterocycles. The molecule has 0 aliphatic heterocycles. The van der Waals surface area contributed by atoms with E-state index in [2.05, 4.69) is 30.4 Å². The summed E-state index contributed by atoms with van der Waals surface area (Å²) < 4.78 is 19.9. The quantitative estimate of drug-likeness (QED) is 0.0248. The Kier molecular flexibility index (Phi) is 28.9. The van der Waals surface area contributed by atoms with Gasteiger partial charge in [-0.1, -0.05) is 77.9 Å². The molecule has 0 atom stereocenters. The van der Waals surface area contributed by atoms with Gasteiger partial charge in [-0.2, -0.15) is 0 Å². The Morgan fingerprint density at radius 2 is 1.12 bits per heavy atom. The van der Waals surface area contributed by atoms with Gasteiger partial charge in [0.25, 0.3) is 0 Å². The second-order valence-electron chi connectivity index (χ2n) is 11.2. The predicted molar refractivity (Wildman–Crippen MR) is 185 cm³/mol. The highest BCUT2D eigenvalue weighted by atomic mass is 16.6. The Morgan fingerprint density at radius 3 is 1.70 bits per heavy atom. The maximum absolute atomic E-state index is 13.0. The number of rotatable bonds is 29. The average Bonchev–Trinajstić information content (AvgIpc) is 3.11. The van der Waals surface area contributed by atoms with Gasteiger partial charge >= 0.3 is 30.2 Å². The number of hydrogen-bond acceptors (Lipinski definition) is 12. The Bertz CT molecular complexity index is 1090. The molecule has 50 heavy (non-hydrogen) atoms. The Labute approximate surface area is 295 Å². The van der Waals surface area contributed by atoms with Crippen LogP contribution in [0.3, 0.4) is 0 Å². The molecular weight excluding hydrogens is 652 g/mol. The van der Waals surface area contributed by atoms with Crippen molar-refractivity contribution in [1.29, 1.82) is 0 Å². The van der Waals surface area contributed by atoms with Gasteiger partial charge < -0.3 is 24.3 Å². The van der Waals surface area contributed by atoms with Crippen LogP contribution >= 0.6 is 0 Å². The fourth-order valence-corrected chi connectivity index (χ4v) is 4.50. The highest BCUT2D eigenvalue weighted by molar-refractivity contribution is 5.92. The van der Waals surface area contributed by atoms with Crippen LogP contribution in [-0.2, 0) is 38.1 Å². The monoisotopic (exact) mass is 708 g/mol. The van der Waals surface area contributed by atoms with Crippen LogP contribution in [0.1, 0.15) is 103 Å². The smallest absolute Gasteiger partial charge is 0.418 e. The molecule has 0 aromatic heterocycles. The molecule has 0 rings (SSSR count). The van der Waals surface area contributed by atoms with Crippen LogP contribution in [0.15, 0.2) is 30.3 Å². The van der Waals surface area contributed by atoms with Crippen molar-refractivity contribution < 1.29 is 52.5 Å². The lowest BCUT2D eigenvalue weighted by Gasteiger charge is -2.21. The van der Waals surface area contributed by atoms with Crippen LogP contribution in [0.5, 0.6) is 0 Å². The summed E-state index contributed by atoms with van der Waals surface area (Å²) >= 11 is 0. The molecule has 0 aromatic rings. The summed E-state index contributed by atoms with van der Waals surface area (Å²) in [5.74, 6) is -1.69. The zero-order valence-electron chi connectivity index (χ0n) is 29.7. The van der Waals surface area contributed by atoms with E-state index < -0.39 is 30.2 Å². The molecule has 0 aromatic carbocycles. The van der Waals surface area contributed by atoms with Gasteiger partial charge in [0.1, 0.15) is 26.4 Å². The van der Waals surface area contributed by atoms with Crippen LogP contribution in [0, 0.1) is 0 Å². The molecule has 0 saturated carbocycles. The first-order valence-corrected chi connectivity index (χ1v) is 17.5. The topological polar surface area (TPSA) is 187 Å². The second-order valence-corrected chi connectivity index (χ2v) is 11.2. The number of esters is 2. The highest BCUT2D eigenvalue weighted by Gasteiger charge is 2.24. The number of amides is 5. The lowest BCUT2D eigenvalue weighted by Crippen LogP contribution is -2.45. The fraction of sp³-hybridized carbons (Fsp3) is 0.686. The number of nitrogens with zero attached hydrogens (tertiary/aromatic N) is 3. The zero-order valence-corrected chi connectivity index (χ0v) is 29.7. The third kappa shape index (κ3) is 24.6. The molecule has 0 aliphatic rings. The summed E-state index contributed by atoms with van der Waals surface area (Å²) in [4.78, 5) is 89.2. The standard InChI is InChI=1S/C35H56N4O11/c1-4-7-8-11-17-22-37-33(44)39(35(46)50-28-26-48-32(43)6-3)24-19-13-9-10-15-20-30(41)38(23-18-14-12-16-21-36-29-40)34(45)49-27-25-47-31(42)5-2/h5-6H,2-4,7-28H2,1H3,(H,37,44). The number of hydrogen-bond donors (Lipinski definition) is 1. The van der Waals surface area contributed by atoms with Gasteiger partial charge in [-0.25, -0.2) is 43.6 Å². The zero-order chi connectivity index (χ0) is 37.2. The molecule has 0 saturated heterocycles. The van der Waals surface area contributed by atoms with Gasteiger partial charge in [0.15, 0.2) is 0 Å². The Hall–Kier alpha value is -4.52. The summed E-state index contributed by atoms with van der Waals surface area (Å²) in [6.45, 7) is 9.03. The molecule has 15 heteroatoms. The fourth-order valence-electron chi connectivity index (χ4n) is 4.50. The van der Waals surface area contributed by atoms with Gasteiger partial charge in [0, 0.05) is 38.2 Å². The third-order valence-corrected chi connectivity index (χ3v) is 7.22. The number of carbonyl (C=O) groups is 6. The normalized spacial score (nSPS) is 10.2. The van der Waals surface area contributed by atoms with E-state index in [1.165, 1.54) is 6.08 Å². The van der Waals surface area contributed by atoms with Crippen molar-refractivity contribution in [3.8, 4) is 0 Å². The maximum atomic E-state index is 13.0. The van der Waals surface area contributed by atoms with E-state index in [0.717, 1.165) is 66.9 Å². The van der Waals surface area contributed by atoms with Crippen molar-refractivity contribution >= 4 is 42.1 Å². The molecule has 282 valence electrons. The van der Waals surface area contributed by atoms with Gasteiger partial charge in [0.2, 0.25) is 12.0 Å². The average molecular weight is 709 g/mol. The van der Waals surface area contributed by atoms with Gasteiger partial charge in [-0.05, 0) is 32.1 Å². The van der Waals surface area contributed by atoms with Crippen molar-refractivity contribution in [3.05, 3.63) is 25.3 Å². The van der Waals surface area contributed by atoms with Gasteiger partial charge in [0.05, 0.1) is 6.54 Å². The first-order valence-electron chi connectivity index (χ1n) is 17.5. The van der Waals surface area contributed by atoms with E-state index in [4.69, 9.17) is 18.9 Å². The number of carbonyl (C=O) groups excluding carboxylic acids is 7. The third-order valence-electron chi connectivity index (χ3n) is 7.22. The van der Waals surface area contributed by atoms with Crippen LogP contribution in [0.2, 0.25) is 0 Å². The molecule has 0 unspecified atom stereocenters. The number of imide groups is 2. The summed E-state index contributed by atoms with van der Waals surface area (Å²) in [6, 6.07) is -0.556. The van der Waals surface area contributed by atoms with E-state index in [1.807, 2.05) is 0 Å². The minimum Gasteiger partial charge on any atom is -0.459 e. The number of isocyanates is 1. The summed E-state index contributed by atoms with van der Waals surface area (Å²) in [5, 5.41) is 2.77. The lowest BCUT2D eigenvalue weighted by molar-refractivity contribution is -0.139. The first-order chi connectivity index (χ1) is 24.2. The van der Waals surface area contributed by atoms with E-state index in [9.17, 15) is 33.6 Å². The van der Waals surface area contributed by atoms with Crippen molar-refractivity contribution in [2.75, 3.05) is 52.6 Å². The van der Waals surface area contributed by atoms with E-state index in [0.29, 0.717) is 58.0 Å². The molecule has 5 amide bonds.